The van der Waals surface area contributed by atoms with E-state index in [0.717, 1.165) is 22.6 Å². The number of methoxy groups -OCH3 is 1. The van der Waals surface area contributed by atoms with Crippen molar-refractivity contribution in [1.29, 1.82) is 0 Å². The zero-order valence-electron chi connectivity index (χ0n) is 16.6. The van der Waals surface area contributed by atoms with Gasteiger partial charge in [0.05, 0.1) is 26.0 Å². The highest BCUT2D eigenvalue weighted by Gasteiger charge is 2.27. The number of rotatable bonds is 10. The van der Waals surface area contributed by atoms with Gasteiger partial charge in [0.15, 0.2) is 6.10 Å². The maximum absolute atomic E-state index is 12.6. The first kappa shape index (κ1) is 20.6. The second kappa shape index (κ2) is 10.4. The maximum Gasteiger partial charge on any atom is 0.248 e. The fourth-order valence-corrected chi connectivity index (χ4v) is 3.17. The summed E-state index contributed by atoms with van der Waals surface area (Å²) in [7, 11) is 1.63. The quantitative estimate of drug-likeness (QED) is 0.580. The first-order chi connectivity index (χ1) is 14.2. The number of hydrogen-bond donors (Lipinski definition) is 0. The highest BCUT2D eigenvalue weighted by Crippen LogP contribution is 2.24. The molecule has 0 radical (unpaired) electrons. The first-order valence-electron chi connectivity index (χ1n) is 9.57. The zero-order valence-corrected chi connectivity index (χ0v) is 16.6. The Kier molecular flexibility index (Phi) is 7.41. The second-order valence-electron chi connectivity index (χ2n) is 6.74. The lowest BCUT2D eigenvalue weighted by molar-refractivity contribution is -0.137. The van der Waals surface area contributed by atoms with Crippen LogP contribution >= 0.6 is 0 Å². The molecule has 2 aromatic carbocycles. The molecule has 2 aromatic rings. The molecule has 0 bridgehead atoms. The van der Waals surface area contributed by atoms with E-state index in [1.165, 1.54) is 0 Å². The fraction of sp³-hybridized carbons (Fsp3) is 0.304. The van der Waals surface area contributed by atoms with Crippen LogP contribution in [-0.4, -0.2) is 49.4 Å². The van der Waals surface area contributed by atoms with Crippen LogP contribution in [0.1, 0.15) is 17.5 Å². The summed E-state index contributed by atoms with van der Waals surface area (Å²) in [6, 6.07) is 17.5. The molecule has 29 heavy (non-hydrogen) atoms. The molecule has 1 aliphatic rings. The van der Waals surface area contributed by atoms with Crippen LogP contribution < -0.4 is 4.74 Å². The Balaban J connectivity index is 1.52. The SMILES string of the molecule is C=CCN(CC1CC(c2ccccc2OC)=NO1)C(=O)COCc1ccccc1. The molecule has 6 nitrogen and oxygen atoms in total. The molecule has 6 heteroatoms. The van der Waals surface area contributed by atoms with Gasteiger partial charge in [-0.25, -0.2) is 0 Å². The van der Waals surface area contributed by atoms with Crippen LogP contribution in [0.5, 0.6) is 5.75 Å². The van der Waals surface area contributed by atoms with Crippen molar-refractivity contribution >= 4 is 11.6 Å². The van der Waals surface area contributed by atoms with E-state index in [1.807, 2.05) is 54.6 Å². The lowest BCUT2D eigenvalue weighted by Gasteiger charge is -2.23. The van der Waals surface area contributed by atoms with Gasteiger partial charge in [-0.2, -0.15) is 0 Å². The lowest BCUT2D eigenvalue weighted by atomic mass is 10.0. The van der Waals surface area contributed by atoms with Gasteiger partial charge >= 0.3 is 0 Å². The average Bonchev–Trinajstić information content (AvgIpc) is 3.22. The number of amides is 1. The molecule has 152 valence electrons. The van der Waals surface area contributed by atoms with Gasteiger partial charge < -0.3 is 19.2 Å². The standard InChI is InChI=1S/C23H26N2O4/c1-3-13-25(23(26)17-28-16-18-9-5-4-6-10-18)15-19-14-21(24-29-19)20-11-7-8-12-22(20)27-2/h3-12,19H,1,13-17H2,2H3. The smallest absolute Gasteiger partial charge is 0.248 e. The largest absolute Gasteiger partial charge is 0.496 e. The Labute approximate surface area is 171 Å². The molecule has 1 unspecified atom stereocenters. The first-order valence-corrected chi connectivity index (χ1v) is 9.57. The van der Waals surface area contributed by atoms with Crippen LogP contribution in [0.3, 0.4) is 0 Å². The third-order valence-electron chi connectivity index (χ3n) is 4.61. The normalized spacial score (nSPS) is 15.3. The molecule has 0 aromatic heterocycles. The highest BCUT2D eigenvalue weighted by molar-refractivity contribution is 6.03. The summed E-state index contributed by atoms with van der Waals surface area (Å²) in [6.45, 7) is 5.00. The third kappa shape index (κ3) is 5.68. The Morgan fingerprint density at radius 3 is 2.76 bits per heavy atom. The van der Waals surface area contributed by atoms with Gasteiger partial charge in [-0.3, -0.25) is 4.79 Å². The van der Waals surface area contributed by atoms with Crippen molar-refractivity contribution < 1.29 is 19.1 Å². The molecule has 1 aliphatic heterocycles. The van der Waals surface area contributed by atoms with Crippen molar-refractivity contribution in [3.8, 4) is 5.75 Å². The summed E-state index contributed by atoms with van der Waals surface area (Å²) >= 11 is 0. The third-order valence-corrected chi connectivity index (χ3v) is 4.61. The summed E-state index contributed by atoms with van der Waals surface area (Å²) in [5.74, 6) is 0.652. The molecule has 0 spiro atoms. The predicted molar refractivity (Wildman–Crippen MR) is 112 cm³/mol. The minimum absolute atomic E-state index is 0.00960. The Bertz CT molecular complexity index is 851. The van der Waals surface area contributed by atoms with E-state index in [2.05, 4.69) is 11.7 Å². The van der Waals surface area contributed by atoms with Crippen molar-refractivity contribution in [3.63, 3.8) is 0 Å². The molecule has 0 saturated carbocycles. The summed E-state index contributed by atoms with van der Waals surface area (Å²) in [5.41, 5.74) is 2.76. The van der Waals surface area contributed by atoms with Crippen molar-refractivity contribution in [2.45, 2.75) is 19.1 Å². The van der Waals surface area contributed by atoms with E-state index < -0.39 is 0 Å². The Hall–Kier alpha value is -3.12. The van der Waals surface area contributed by atoms with Crippen LogP contribution in [0, 0.1) is 0 Å². The molecule has 0 fully saturated rings. The van der Waals surface area contributed by atoms with Gasteiger partial charge in [-0.1, -0.05) is 53.7 Å². The van der Waals surface area contributed by atoms with Gasteiger partial charge in [0.2, 0.25) is 5.91 Å². The van der Waals surface area contributed by atoms with Crippen molar-refractivity contribution in [3.05, 3.63) is 78.4 Å². The van der Waals surface area contributed by atoms with E-state index in [-0.39, 0.29) is 18.6 Å². The van der Waals surface area contributed by atoms with E-state index in [4.69, 9.17) is 14.3 Å². The van der Waals surface area contributed by atoms with E-state index in [0.29, 0.717) is 26.1 Å². The summed E-state index contributed by atoms with van der Waals surface area (Å²) in [4.78, 5) is 19.9. The molecular weight excluding hydrogens is 368 g/mol. The van der Waals surface area contributed by atoms with Crippen LogP contribution in [0.25, 0.3) is 0 Å². The minimum Gasteiger partial charge on any atom is -0.496 e. The number of oxime groups is 1. The van der Waals surface area contributed by atoms with E-state index in [9.17, 15) is 4.79 Å². The number of hydrogen-bond acceptors (Lipinski definition) is 5. The number of benzene rings is 2. The van der Waals surface area contributed by atoms with Gasteiger partial charge in [0, 0.05) is 18.5 Å². The molecule has 3 rings (SSSR count). The Morgan fingerprint density at radius 1 is 1.24 bits per heavy atom. The summed E-state index contributed by atoms with van der Waals surface area (Å²) < 4.78 is 11.0. The number of carbonyl (C=O) groups excluding carboxylic acids is 1. The van der Waals surface area contributed by atoms with Crippen LogP contribution in [0.4, 0.5) is 0 Å². The van der Waals surface area contributed by atoms with Crippen LogP contribution in [0.2, 0.25) is 0 Å². The summed E-state index contributed by atoms with van der Waals surface area (Å²) in [5, 5.41) is 4.21. The second-order valence-corrected chi connectivity index (χ2v) is 6.74. The predicted octanol–water partition coefficient (Wildman–Crippen LogP) is 3.42. The molecule has 1 heterocycles. The zero-order chi connectivity index (χ0) is 20.5. The number of nitrogens with zero attached hydrogens (tertiary/aromatic N) is 2. The molecular formula is C23H26N2O4. The van der Waals surface area contributed by atoms with Gasteiger partial charge in [0.1, 0.15) is 12.4 Å². The number of ether oxygens (including phenoxy) is 2. The number of carbonyl (C=O) groups is 1. The molecule has 0 saturated heterocycles. The van der Waals surface area contributed by atoms with Gasteiger partial charge in [0.25, 0.3) is 0 Å². The topological polar surface area (TPSA) is 60.4 Å². The fourth-order valence-electron chi connectivity index (χ4n) is 3.17. The van der Waals surface area contributed by atoms with Gasteiger partial charge in [-0.15, -0.1) is 6.58 Å². The van der Waals surface area contributed by atoms with Crippen molar-refractivity contribution in [2.24, 2.45) is 5.16 Å². The molecule has 1 atom stereocenters. The van der Waals surface area contributed by atoms with E-state index in [1.54, 1.807) is 18.1 Å². The minimum atomic E-state index is -0.215. The lowest BCUT2D eigenvalue weighted by Crippen LogP contribution is -2.39. The average molecular weight is 394 g/mol. The molecule has 0 aliphatic carbocycles. The van der Waals surface area contributed by atoms with Crippen LogP contribution in [-0.2, 0) is 21.0 Å². The maximum atomic E-state index is 12.6. The molecule has 0 N–H and O–H groups in total. The number of para-hydroxylation sites is 1. The van der Waals surface area contributed by atoms with Crippen molar-refractivity contribution in [2.75, 3.05) is 26.8 Å². The Morgan fingerprint density at radius 2 is 2.00 bits per heavy atom. The van der Waals surface area contributed by atoms with Crippen molar-refractivity contribution in [1.82, 2.24) is 4.90 Å². The van der Waals surface area contributed by atoms with Crippen LogP contribution in [0.15, 0.2) is 72.4 Å². The molecule has 1 amide bonds. The summed E-state index contributed by atoms with van der Waals surface area (Å²) in [6.07, 6.45) is 2.09. The van der Waals surface area contributed by atoms with Gasteiger partial charge in [-0.05, 0) is 17.7 Å². The van der Waals surface area contributed by atoms with E-state index >= 15 is 0 Å². The highest BCUT2D eigenvalue weighted by atomic mass is 16.6. The monoisotopic (exact) mass is 394 g/mol.